The van der Waals surface area contributed by atoms with Crippen molar-refractivity contribution >= 4 is 0 Å². The summed E-state index contributed by atoms with van der Waals surface area (Å²) in [6, 6.07) is 0. The molecule has 1 heterocycles. The molecular formula is C11H23NO. The maximum absolute atomic E-state index is 5.09. The van der Waals surface area contributed by atoms with Crippen LogP contribution in [-0.4, -0.2) is 26.8 Å². The van der Waals surface area contributed by atoms with Crippen LogP contribution < -0.4 is 5.32 Å². The third-order valence-electron chi connectivity index (χ3n) is 2.95. The molecule has 0 aliphatic carbocycles. The van der Waals surface area contributed by atoms with Crippen molar-refractivity contribution < 1.29 is 4.74 Å². The van der Waals surface area contributed by atoms with E-state index in [1.54, 1.807) is 7.11 Å². The lowest BCUT2D eigenvalue weighted by molar-refractivity contribution is 0.171. The second-order valence-corrected chi connectivity index (χ2v) is 4.33. The molecule has 0 radical (unpaired) electrons. The van der Waals surface area contributed by atoms with Gasteiger partial charge in [-0.1, -0.05) is 6.92 Å². The number of piperidine rings is 1. The molecule has 2 heteroatoms. The molecule has 0 saturated carbocycles. The molecule has 0 amide bonds. The largest absolute Gasteiger partial charge is 0.385 e. The van der Waals surface area contributed by atoms with Crippen molar-refractivity contribution in [1.29, 1.82) is 0 Å². The summed E-state index contributed by atoms with van der Waals surface area (Å²) in [6.07, 6.45) is 5.37. The Hall–Kier alpha value is -0.0800. The highest BCUT2D eigenvalue weighted by Crippen LogP contribution is 2.21. The quantitative estimate of drug-likeness (QED) is 0.708. The van der Waals surface area contributed by atoms with Crippen LogP contribution in [0.25, 0.3) is 0 Å². The fourth-order valence-electron chi connectivity index (χ4n) is 2.13. The Labute approximate surface area is 82.0 Å². The molecule has 1 saturated heterocycles. The van der Waals surface area contributed by atoms with E-state index < -0.39 is 0 Å². The molecule has 1 rings (SSSR count). The van der Waals surface area contributed by atoms with Gasteiger partial charge in [-0.15, -0.1) is 0 Å². The van der Waals surface area contributed by atoms with Crippen molar-refractivity contribution in [2.75, 3.05) is 26.8 Å². The molecule has 78 valence electrons. The first kappa shape index (κ1) is 11.0. The van der Waals surface area contributed by atoms with E-state index in [9.17, 15) is 0 Å². The highest BCUT2D eigenvalue weighted by molar-refractivity contribution is 4.71. The minimum absolute atomic E-state index is 0.824. The summed E-state index contributed by atoms with van der Waals surface area (Å²) in [4.78, 5) is 0. The molecule has 0 aromatic rings. The molecular weight excluding hydrogens is 162 g/mol. The molecule has 0 bridgehead atoms. The summed E-state index contributed by atoms with van der Waals surface area (Å²) >= 11 is 0. The standard InChI is InChI=1S/C11H23NO/c1-10(5-7-13-2)8-11-4-3-6-12-9-11/h10-12H,3-9H2,1-2H3. The summed E-state index contributed by atoms with van der Waals surface area (Å²) in [5, 5.41) is 3.47. The van der Waals surface area contributed by atoms with E-state index in [1.165, 1.54) is 38.8 Å². The second-order valence-electron chi connectivity index (χ2n) is 4.33. The molecule has 2 atom stereocenters. The summed E-state index contributed by atoms with van der Waals surface area (Å²) in [6.45, 7) is 5.72. The topological polar surface area (TPSA) is 21.3 Å². The van der Waals surface area contributed by atoms with Crippen molar-refractivity contribution in [1.82, 2.24) is 5.32 Å². The zero-order chi connectivity index (χ0) is 9.52. The normalized spacial score (nSPS) is 25.8. The van der Waals surface area contributed by atoms with E-state index in [-0.39, 0.29) is 0 Å². The van der Waals surface area contributed by atoms with Gasteiger partial charge in [-0.3, -0.25) is 0 Å². The Morgan fingerprint density at radius 1 is 1.54 bits per heavy atom. The monoisotopic (exact) mass is 185 g/mol. The van der Waals surface area contributed by atoms with Gasteiger partial charge in [0.2, 0.25) is 0 Å². The highest BCUT2D eigenvalue weighted by Gasteiger charge is 2.15. The lowest BCUT2D eigenvalue weighted by atomic mass is 9.88. The van der Waals surface area contributed by atoms with Gasteiger partial charge in [0.1, 0.15) is 0 Å². The van der Waals surface area contributed by atoms with Gasteiger partial charge < -0.3 is 10.1 Å². The van der Waals surface area contributed by atoms with Crippen LogP contribution in [-0.2, 0) is 4.74 Å². The van der Waals surface area contributed by atoms with Crippen LogP contribution in [0.5, 0.6) is 0 Å². The lowest BCUT2D eigenvalue weighted by Crippen LogP contribution is -2.30. The molecule has 2 nitrogen and oxygen atoms in total. The number of nitrogens with one attached hydrogen (secondary N) is 1. The maximum Gasteiger partial charge on any atom is 0.0464 e. The smallest absolute Gasteiger partial charge is 0.0464 e. The van der Waals surface area contributed by atoms with Crippen molar-refractivity contribution in [2.45, 2.75) is 32.6 Å². The van der Waals surface area contributed by atoms with E-state index in [0.29, 0.717) is 0 Å². The van der Waals surface area contributed by atoms with Gasteiger partial charge in [-0.25, -0.2) is 0 Å². The van der Waals surface area contributed by atoms with Crippen LogP contribution in [0.15, 0.2) is 0 Å². The minimum atomic E-state index is 0.824. The third-order valence-corrected chi connectivity index (χ3v) is 2.95. The first-order valence-electron chi connectivity index (χ1n) is 5.52. The Morgan fingerprint density at radius 3 is 3.00 bits per heavy atom. The summed E-state index contributed by atoms with van der Waals surface area (Å²) in [5.41, 5.74) is 0. The summed E-state index contributed by atoms with van der Waals surface area (Å²) in [5.74, 6) is 1.74. The van der Waals surface area contributed by atoms with Crippen molar-refractivity contribution in [3.8, 4) is 0 Å². The molecule has 1 fully saturated rings. The van der Waals surface area contributed by atoms with Crippen LogP contribution in [0.2, 0.25) is 0 Å². The molecule has 0 spiro atoms. The molecule has 1 N–H and O–H groups in total. The van der Waals surface area contributed by atoms with Crippen LogP contribution in [0, 0.1) is 11.8 Å². The van der Waals surface area contributed by atoms with Gasteiger partial charge in [0.05, 0.1) is 0 Å². The Kier molecular flexibility index (Phi) is 5.40. The maximum atomic E-state index is 5.09. The SMILES string of the molecule is COCCC(C)CC1CCCNC1. The van der Waals surface area contributed by atoms with Gasteiger partial charge in [0.25, 0.3) is 0 Å². The predicted octanol–water partition coefficient (Wildman–Crippen LogP) is 2.05. The zero-order valence-electron chi connectivity index (χ0n) is 9.01. The van der Waals surface area contributed by atoms with E-state index in [2.05, 4.69) is 12.2 Å². The van der Waals surface area contributed by atoms with E-state index in [4.69, 9.17) is 4.74 Å². The first-order chi connectivity index (χ1) is 6.33. The third kappa shape index (κ3) is 4.63. The second kappa shape index (κ2) is 6.39. The summed E-state index contributed by atoms with van der Waals surface area (Å²) in [7, 11) is 1.79. The van der Waals surface area contributed by atoms with Gasteiger partial charge in [0, 0.05) is 13.7 Å². The fourth-order valence-corrected chi connectivity index (χ4v) is 2.13. The fraction of sp³-hybridized carbons (Fsp3) is 1.00. The molecule has 0 aromatic carbocycles. The number of rotatable bonds is 5. The van der Waals surface area contributed by atoms with E-state index >= 15 is 0 Å². The average Bonchev–Trinajstić information content (AvgIpc) is 2.16. The average molecular weight is 185 g/mol. The van der Waals surface area contributed by atoms with Gasteiger partial charge >= 0.3 is 0 Å². The Balaban J connectivity index is 2.07. The minimum Gasteiger partial charge on any atom is -0.385 e. The van der Waals surface area contributed by atoms with Crippen LogP contribution >= 0.6 is 0 Å². The molecule has 1 aliphatic heterocycles. The number of ether oxygens (including phenoxy) is 1. The predicted molar refractivity (Wildman–Crippen MR) is 55.9 cm³/mol. The molecule has 1 aliphatic rings. The first-order valence-corrected chi connectivity index (χ1v) is 5.52. The highest BCUT2D eigenvalue weighted by atomic mass is 16.5. The van der Waals surface area contributed by atoms with Gasteiger partial charge in [-0.05, 0) is 50.6 Å². The van der Waals surface area contributed by atoms with Crippen LogP contribution in [0.1, 0.15) is 32.6 Å². The van der Waals surface area contributed by atoms with E-state index in [0.717, 1.165) is 18.4 Å². The Morgan fingerprint density at radius 2 is 2.38 bits per heavy atom. The van der Waals surface area contributed by atoms with Crippen molar-refractivity contribution in [2.24, 2.45) is 11.8 Å². The van der Waals surface area contributed by atoms with Gasteiger partial charge in [-0.2, -0.15) is 0 Å². The number of hydrogen-bond donors (Lipinski definition) is 1. The molecule has 2 unspecified atom stereocenters. The van der Waals surface area contributed by atoms with Crippen molar-refractivity contribution in [3.63, 3.8) is 0 Å². The van der Waals surface area contributed by atoms with Crippen LogP contribution in [0.3, 0.4) is 0 Å². The zero-order valence-corrected chi connectivity index (χ0v) is 9.01. The molecule has 0 aromatic heterocycles. The number of methoxy groups -OCH3 is 1. The van der Waals surface area contributed by atoms with E-state index in [1.807, 2.05) is 0 Å². The summed E-state index contributed by atoms with van der Waals surface area (Å²) < 4.78 is 5.09. The Bertz CT molecular complexity index is 121. The molecule has 13 heavy (non-hydrogen) atoms. The van der Waals surface area contributed by atoms with Crippen molar-refractivity contribution in [3.05, 3.63) is 0 Å². The van der Waals surface area contributed by atoms with Crippen LogP contribution in [0.4, 0.5) is 0 Å². The lowest BCUT2D eigenvalue weighted by Gasteiger charge is -2.25. The van der Waals surface area contributed by atoms with Gasteiger partial charge in [0.15, 0.2) is 0 Å². The number of hydrogen-bond acceptors (Lipinski definition) is 2.